The predicted molar refractivity (Wildman–Crippen MR) is 77.7 cm³/mol. The molecule has 0 aliphatic heterocycles. The molecule has 0 aromatic carbocycles. The minimum atomic E-state index is -5.96. The normalized spacial score (nSPS) is 12.3. The lowest BCUT2D eigenvalue weighted by atomic mass is 10.1. The molecule has 12 heteroatoms. The van der Waals surface area contributed by atoms with Crippen LogP contribution in [-0.4, -0.2) is 39.9 Å². The maximum atomic E-state index is 14.1. The van der Waals surface area contributed by atoms with Crippen LogP contribution in [0, 0.1) is 0 Å². The summed E-state index contributed by atoms with van der Waals surface area (Å²) >= 11 is 5.80. The van der Waals surface area contributed by atoms with Gasteiger partial charge >= 0.3 is 12.1 Å². The van der Waals surface area contributed by atoms with Gasteiger partial charge in [-0.25, -0.2) is 9.67 Å². The smallest absolute Gasteiger partial charge is 0.351 e. The number of hydrogen-bond acceptors (Lipinski definition) is 4. The van der Waals surface area contributed by atoms with E-state index >= 15 is 0 Å². The fourth-order valence-corrected chi connectivity index (χ4v) is 2.13. The molecule has 0 saturated heterocycles. The first-order chi connectivity index (χ1) is 11.6. The van der Waals surface area contributed by atoms with Crippen molar-refractivity contribution in [2.75, 3.05) is 13.1 Å². The summed E-state index contributed by atoms with van der Waals surface area (Å²) in [6, 6.07) is 2.58. The van der Waals surface area contributed by atoms with Crippen molar-refractivity contribution in [3.8, 4) is 5.82 Å². The summed E-state index contributed by atoms with van der Waals surface area (Å²) in [6.45, 7) is -0.150. The van der Waals surface area contributed by atoms with Gasteiger partial charge in [-0.2, -0.15) is 27.1 Å². The number of halogens is 6. The SMILES string of the molecule is NCCNC(=O)c1cnn(-c2ncccc2Cl)c1C(F)(F)C(F)(F)F. The minimum Gasteiger partial charge on any atom is -0.351 e. The molecule has 3 N–H and O–H groups in total. The third kappa shape index (κ3) is 3.56. The highest BCUT2D eigenvalue weighted by molar-refractivity contribution is 6.32. The Morgan fingerprint density at radius 1 is 1.32 bits per heavy atom. The van der Waals surface area contributed by atoms with E-state index in [9.17, 15) is 26.7 Å². The predicted octanol–water partition coefficient (Wildman–Crippen LogP) is 2.26. The fraction of sp³-hybridized carbons (Fsp3) is 0.308. The first-order valence-electron chi connectivity index (χ1n) is 6.73. The third-order valence-electron chi connectivity index (χ3n) is 3.04. The summed E-state index contributed by atoms with van der Waals surface area (Å²) in [4.78, 5) is 15.6. The van der Waals surface area contributed by atoms with Crippen LogP contribution in [0.1, 0.15) is 16.1 Å². The molecule has 0 unspecified atom stereocenters. The van der Waals surface area contributed by atoms with Crippen molar-refractivity contribution in [3.05, 3.63) is 40.8 Å². The second-order valence-electron chi connectivity index (χ2n) is 4.74. The van der Waals surface area contributed by atoms with E-state index in [1.165, 1.54) is 12.1 Å². The zero-order chi connectivity index (χ0) is 18.8. The minimum absolute atomic E-state index is 0.0308. The Hall–Kier alpha value is -2.27. The average Bonchev–Trinajstić information content (AvgIpc) is 2.97. The summed E-state index contributed by atoms with van der Waals surface area (Å²) in [6.07, 6.45) is -4.24. The third-order valence-corrected chi connectivity index (χ3v) is 3.33. The molecule has 2 rings (SSSR count). The highest BCUT2D eigenvalue weighted by Crippen LogP contribution is 2.45. The molecule has 0 radical (unpaired) electrons. The van der Waals surface area contributed by atoms with E-state index < -0.39 is 35.1 Å². The van der Waals surface area contributed by atoms with Crippen molar-refractivity contribution < 1.29 is 26.7 Å². The Labute approximate surface area is 142 Å². The van der Waals surface area contributed by atoms with Crippen LogP contribution in [0.5, 0.6) is 0 Å². The van der Waals surface area contributed by atoms with E-state index in [2.05, 4.69) is 15.4 Å². The van der Waals surface area contributed by atoms with Crippen LogP contribution >= 0.6 is 11.6 Å². The van der Waals surface area contributed by atoms with Gasteiger partial charge in [-0.1, -0.05) is 11.6 Å². The number of hydrogen-bond donors (Lipinski definition) is 2. The average molecular weight is 384 g/mol. The van der Waals surface area contributed by atoms with Crippen molar-refractivity contribution in [2.45, 2.75) is 12.1 Å². The molecule has 6 nitrogen and oxygen atoms in total. The van der Waals surface area contributed by atoms with E-state index in [1.807, 2.05) is 0 Å². The molecule has 2 aromatic rings. The molecule has 2 aromatic heterocycles. The molecule has 0 spiro atoms. The van der Waals surface area contributed by atoms with Gasteiger partial charge in [-0.05, 0) is 12.1 Å². The van der Waals surface area contributed by atoms with Gasteiger partial charge in [0.1, 0.15) is 5.69 Å². The zero-order valence-electron chi connectivity index (χ0n) is 12.3. The summed E-state index contributed by atoms with van der Waals surface area (Å²) in [5.41, 5.74) is 2.53. The molecule has 0 saturated carbocycles. The molecule has 0 atom stereocenters. The largest absolute Gasteiger partial charge is 0.459 e. The van der Waals surface area contributed by atoms with Gasteiger partial charge in [-0.3, -0.25) is 4.79 Å². The summed E-state index contributed by atoms with van der Waals surface area (Å²) in [7, 11) is 0. The Bertz CT molecular complexity index is 776. The maximum absolute atomic E-state index is 14.1. The lowest BCUT2D eigenvalue weighted by Crippen LogP contribution is -2.39. The Kier molecular flexibility index (Phi) is 5.28. The number of nitrogens with one attached hydrogen (secondary N) is 1. The lowest BCUT2D eigenvalue weighted by Gasteiger charge is -2.22. The van der Waals surface area contributed by atoms with Gasteiger partial charge < -0.3 is 11.1 Å². The van der Waals surface area contributed by atoms with Crippen LogP contribution in [0.4, 0.5) is 22.0 Å². The second-order valence-corrected chi connectivity index (χ2v) is 5.15. The second kappa shape index (κ2) is 6.92. The van der Waals surface area contributed by atoms with Gasteiger partial charge in [0.05, 0.1) is 16.8 Å². The molecular formula is C13H11ClF5N5O. The lowest BCUT2D eigenvalue weighted by molar-refractivity contribution is -0.291. The van der Waals surface area contributed by atoms with Gasteiger partial charge in [-0.15, -0.1) is 0 Å². The van der Waals surface area contributed by atoms with Gasteiger partial charge in [0, 0.05) is 19.3 Å². The fourth-order valence-electron chi connectivity index (χ4n) is 1.93. The zero-order valence-corrected chi connectivity index (χ0v) is 13.1. The molecule has 0 aliphatic carbocycles. The number of amides is 1. The molecule has 2 heterocycles. The van der Waals surface area contributed by atoms with Crippen LogP contribution in [0.15, 0.2) is 24.5 Å². The van der Waals surface area contributed by atoms with E-state index in [4.69, 9.17) is 17.3 Å². The van der Waals surface area contributed by atoms with Gasteiger partial charge in [0.15, 0.2) is 5.82 Å². The Morgan fingerprint density at radius 2 is 2.00 bits per heavy atom. The highest BCUT2D eigenvalue weighted by atomic mass is 35.5. The number of nitrogens with zero attached hydrogens (tertiary/aromatic N) is 3. The molecule has 0 aliphatic rings. The molecule has 1 amide bonds. The van der Waals surface area contributed by atoms with Crippen LogP contribution in [-0.2, 0) is 5.92 Å². The molecule has 136 valence electrons. The standard InChI is InChI=1S/C13H11ClF5N5O/c14-8-2-1-4-21-10(8)24-9(12(15,16)13(17,18)19)7(6-23-24)11(25)22-5-3-20/h1-2,4,6H,3,5,20H2,(H,22,25). The molecule has 0 fully saturated rings. The van der Waals surface area contributed by atoms with Crippen molar-refractivity contribution in [2.24, 2.45) is 5.73 Å². The van der Waals surface area contributed by atoms with E-state index in [-0.39, 0.29) is 22.8 Å². The Morgan fingerprint density at radius 3 is 2.56 bits per heavy atom. The summed E-state index contributed by atoms with van der Waals surface area (Å²) < 4.78 is 67.0. The quantitative estimate of drug-likeness (QED) is 0.776. The van der Waals surface area contributed by atoms with Crippen molar-refractivity contribution in [3.63, 3.8) is 0 Å². The van der Waals surface area contributed by atoms with E-state index in [0.29, 0.717) is 6.20 Å². The van der Waals surface area contributed by atoms with Crippen molar-refractivity contribution in [1.29, 1.82) is 0 Å². The summed E-state index contributed by atoms with van der Waals surface area (Å²) in [5, 5.41) is 5.35. The van der Waals surface area contributed by atoms with Crippen molar-refractivity contribution in [1.82, 2.24) is 20.1 Å². The van der Waals surface area contributed by atoms with Crippen LogP contribution in [0.3, 0.4) is 0 Å². The number of carbonyl (C=O) groups excluding carboxylic acids is 1. The summed E-state index contributed by atoms with van der Waals surface area (Å²) in [5.74, 6) is -7.02. The van der Waals surface area contributed by atoms with Crippen LogP contribution < -0.4 is 11.1 Å². The number of alkyl halides is 5. The highest BCUT2D eigenvalue weighted by Gasteiger charge is 2.62. The van der Waals surface area contributed by atoms with Crippen LogP contribution in [0.2, 0.25) is 5.02 Å². The van der Waals surface area contributed by atoms with Crippen LogP contribution in [0.25, 0.3) is 5.82 Å². The van der Waals surface area contributed by atoms with Gasteiger partial charge in [0.2, 0.25) is 0 Å². The number of pyridine rings is 1. The first kappa shape index (κ1) is 19.1. The first-order valence-corrected chi connectivity index (χ1v) is 7.11. The Balaban J connectivity index is 2.69. The monoisotopic (exact) mass is 383 g/mol. The van der Waals surface area contributed by atoms with Crippen molar-refractivity contribution >= 4 is 17.5 Å². The number of aromatic nitrogens is 3. The maximum Gasteiger partial charge on any atom is 0.459 e. The number of nitrogens with two attached hydrogens (primary N) is 1. The molecule has 25 heavy (non-hydrogen) atoms. The molecular weight excluding hydrogens is 373 g/mol. The number of rotatable bonds is 5. The number of carbonyl (C=O) groups is 1. The van der Waals surface area contributed by atoms with E-state index in [0.717, 1.165) is 6.20 Å². The van der Waals surface area contributed by atoms with Gasteiger partial charge in [0.25, 0.3) is 5.91 Å². The molecule has 0 bridgehead atoms. The van der Waals surface area contributed by atoms with E-state index in [1.54, 1.807) is 0 Å². The topological polar surface area (TPSA) is 85.8 Å².